The zero-order chi connectivity index (χ0) is 19.1. The summed E-state index contributed by atoms with van der Waals surface area (Å²) >= 11 is 0. The van der Waals surface area contributed by atoms with Crippen LogP contribution in [-0.4, -0.2) is 28.0 Å². The fraction of sp³-hybridized carbons (Fsp3) is 0.381. The van der Waals surface area contributed by atoms with Gasteiger partial charge in [0.2, 0.25) is 0 Å². The fourth-order valence-corrected chi connectivity index (χ4v) is 4.16. The Morgan fingerprint density at radius 1 is 1.37 bits per heavy atom. The van der Waals surface area contributed by atoms with Crippen molar-refractivity contribution in [2.24, 2.45) is 22.9 Å². The molecule has 1 aliphatic rings. The van der Waals surface area contributed by atoms with E-state index >= 15 is 0 Å². The van der Waals surface area contributed by atoms with Gasteiger partial charge in [-0.1, -0.05) is 25.5 Å². The monoisotopic (exact) mass is 364 g/mol. The summed E-state index contributed by atoms with van der Waals surface area (Å²) in [6.07, 6.45) is 6.76. The number of ether oxygens (including phenoxy) is 1. The van der Waals surface area contributed by atoms with Crippen molar-refractivity contribution in [2.75, 3.05) is 7.11 Å². The van der Waals surface area contributed by atoms with E-state index in [9.17, 15) is 4.79 Å². The predicted molar refractivity (Wildman–Crippen MR) is 108 cm³/mol. The topological polar surface area (TPSA) is 72.3 Å². The fourth-order valence-electron chi connectivity index (χ4n) is 4.16. The second-order valence-corrected chi connectivity index (χ2v) is 7.55. The van der Waals surface area contributed by atoms with Gasteiger partial charge in [-0.25, -0.2) is 4.98 Å². The molecule has 6 heteroatoms. The van der Waals surface area contributed by atoms with E-state index in [4.69, 9.17) is 4.74 Å². The maximum Gasteiger partial charge on any atom is 0.298 e. The van der Waals surface area contributed by atoms with E-state index in [2.05, 4.69) is 41.9 Å². The normalized spacial score (nSPS) is 23.3. The lowest BCUT2D eigenvalue weighted by Crippen LogP contribution is -2.26. The third-order valence-corrected chi connectivity index (χ3v) is 5.52. The molecule has 1 aromatic carbocycles. The standard InChI is InChI=1S/C21H24N4O2/c1-12-7-13(2)17(14(3)8-12)10-23-25-11-22-19-16-9-15(27-4)5-6-18(16)24-20(19)21(25)26/h5-7,9-11,13-14,17,24H,8H2,1-4H3/t13?,14?,17-/m0/s1. The molecule has 1 N–H and O–H groups in total. The lowest BCUT2D eigenvalue weighted by molar-refractivity contribution is 0.361. The molecule has 2 aromatic heterocycles. The van der Waals surface area contributed by atoms with Crippen LogP contribution in [0.3, 0.4) is 0 Å². The largest absolute Gasteiger partial charge is 0.497 e. The van der Waals surface area contributed by atoms with Gasteiger partial charge in [0, 0.05) is 23.0 Å². The average molecular weight is 364 g/mol. The minimum Gasteiger partial charge on any atom is -0.497 e. The van der Waals surface area contributed by atoms with E-state index in [0.29, 0.717) is 28.8 Å². The maximum atomic E-state index is 12.9. The zero-order valence-corrected chi connectivity index (χ0v) is 16.1. The molecule has 27 heavy (non-hydrogen) atoms. The predicted octanol–water partition coefficient (Wildman–Crippen LogP) is 3.96. The van der Waals surface area contributed by atoms with Gasteiger partial charge in [0.1, 0.15) is 23.1 Å². The molecule has 0 spiro atoms. The van der Waals surface area contributed by atoms with Crippen LogP contribution in [0.1, 0.15) is 27.2 Å². The van der Waals surface area contributed by atoms with Crippen LogP contribution in [0.4, 0.5) is 0 Å². The van der Waals surface area contributed by atoms with Gasteiger partial charge in [0.25, 0.3) is 5.56 Å². The Bertz CT molecular complexity index is 1120. The number of H-pyrrole nitrogens is 1. The summed E-state index contributed by atoms with van der Waals surface area (Å²) in [5.41, 5.74) is 3.17. The highest BCUT2D eigenvalue weighted by Gasteiger charge is 2.25. The molecule has 3 atom stereocenters. The molecule has 4 rings (SSSR count). The van der Waals surface area contributed by atoms with E-state index in [1.165, 1.54) is 16.6 Å². The smallest absolute Gasteiger partial charge is 0.298 e. The highest BCUT2D eigenvalue weighted by molar-refractivity contribution is 6.04. The molecule has 6 nitrogen and oxygen atoms in total. The summed E-state index contributed by atoms with van der Waals surface area (Å²) in [5.74, 6) is 1.95. The van der Waals surface area contributed by atoms with Crippen molar-refractivity contribution in [1.29, 1.82) is 0 Å². The maximum absolute atomic E-state index is 12.9. The van der Waals surface area contributed by atoms with Crippen LogP contribution < -0.4 is 10.3 Å². The molecule has 140 valence electrons. The van der Waals surface area contributed by atoms with Crippen molar-refractivity contribution in [2.45, 2.75) is 27.2 Å². The molecule has 0 saturated carbocycles. The summed E-state index contributed by atoms with van der Waals surface area (Å²) in [4.78, 5) is 20.5. The molecule has 0 fully saturated rings. The number of rotatable bonds is 3. The SMILES string of the molecule is COc1ccc2[nH]c3c(=O)n(N=C[C@H]4C(C)C=C(C)CC4C)cnc3c2c1. The lowest BCUT2D eigenvalue weighted by atomic mass is 9.76. The second kappa shape index (κ2) is 6.68. The first-order valence-electron chi connectivity index (χ1n) is 9.26. The lowest BCUT2D eigenvalue weighted by Gasteiger charge is -2.29. The van der Waals surface area contributed by atoms with Crippen LogP contribution in [-0.2, 0) is 0 Å². The van der Waals surface area contributed by atoms with E-state index in [-0.39, 0.29) is 5.56 Å². The number of benzene rings is 1. The first-order valence-corrected chi connectivity index (χ1v) is 9.26. The first-order chi connectivity index (χ1) is 13.0. The van der Waals surface area contributed by atoms with Crippen LogP contribution in [0.25, 0.3) is 21.9 Å². The van der Waals surface area contributed by atoms with E-state index in [0.717, 1.165) is 23.1 Å². The highest BCUT2D eigenvalue weighted by atomic mass is 16.5. The molecular weight excluding hydrogens is 340 g/mol. The highest BCUT2D eigenvalue weighted by Crippen LogP contribution is 2.32. The van der Waals surface area contributed by atoms with Gasteiger partial charge < -0.3 is 9.72 Å². The molecule has 2 heterocycles. The molecule has 3 aromatic rings. The van der Waals surface area contributed by atoms with Crippen LogP contribution in [0.2, 0.25) is 0 Å². The summed E-state index contributed by atoms with van der Waals surface area (Å²) in [6, 6.07) is 5.63. The van der Waals surface area contributed by atoms with Crippen molar-refractivity contribution < 1.29 is 4.74 Å². The van der Waals surface area contributed by atoms with Crippen molar-refractivity contribution in [3.05, 3.63) is 46.5 Å². The Morgan fingerprint density at radius 2 is 2.19 bits per heavy atom. The number of aromatic amines is 1. The summed E-state index contributed by atoms with van der Waals surface area (Å²) in [6.45, 7) is 6.61. The molecule has 0 bridgehead atoms. The van der Waals surface area contributed by atoms with Crippen molar-refractivity contribution >= 4 is 28.2 Å². The minimum atomic E-state index is -0.200. The van der Waals surface area contributed by atoms with E-state index < -0.39 is 0 Å². The van der Waals surface area contributed by atoms with Gasteiger partial charge in [-0.15, -0.1) is 0 Å². The van der Waals surface area contributed by atoms with Crippen molar-refractivity contribution in [3.8, 4) is 5.75 Å². The number of fused-ring (bicyclic) bond motifs is 3. The van der Waals surface area contributed by atoms with Gasteiger partial charge >= 0.3 is 0 Å². The third kappa shape index (κ3) is 3.05. The third-order valence-electron chi connectivity index (χ3n) is 5.52. The first kappa shape index (κ1) is 17.5. The van der Waals surface area contributed by atoms with Gasteiger partial charge in [-0.3, -0.25) is 4.79 Å². The van der Waals surface area contributed by atoms with Gasteiger partial charge in [0.05, 0.1) is 7.11 Å². The van der Waals surface area contributed by atoms with Crippen LogP contribution in [0.5, 0.6) is 5.75 Å². The van der Waals surface area contributed by atoms with Crippen molar-refractivity contribution in [3.63, 3.8) is 0 Å². The summed E-state index contributed by atoms with van der Waals surface area (Å²) in [5, 5.41) is 5.32. The number of methoxy groups -OCH3 is 1. The molecule has 0 saturated heterocycles. The number of nitrogens with one attached hydrogen (secondary N) is 1. The quantitative estimate of drug-likeness (QED) is 0.565. The average Bonchev–Trinajstić information content (AvgIpc) is 3.01. The Labute approximate surface area is 157 Å². The van der Waals surface area contributed by atoms with Crippen LogP contribution in [0.15, 0.2) is 46.1 Å². The number of hydrogen-bond donors (Lipinski definition) is 1. The van der Waals surface area contributed by atoms with Gasteiger partial charge in [-0.05, 0) is 43.4 Å². The number of aromatic nitrogens is 3. The molecule has 0 aliphatic heterocycles. The minimum absolute atomic E-state index is 0.200. The second-order valence-electron chi connectivity index (χ2n) is 7.55. The zero-order valence-electron chi connectivity index (χ0n) is 16.1. The van der Waals surface area contributed by atoms with Crippen LogP contribution in [0, 0.1) is 17.8 Å². The van der Waals surface area contributed by atoms with Crippen molar-refractivity contribution in [1.82, 2.24) is 14.6 Å². The number of allylic oxidation sites excluding steroid dienone is 2. The molecule has 2 unspecified atom stereocenters. The van der Waals surface area contributed by atoms with Crippen LogP contribution >= 0.6 is 0 Å². The Morgan fingerprint density at radius 3 is 2.93 bits per heavy atom. The number of hydrogen-bond acceptors (Lipinski definition) is 4. The molecule has 1 aliphatic carbocycles. The van der Waals surface area contributed by atoms with E-state index in [1.54, 1.807) is 7.11 Å². The van der Waals surface area contributed by atoms with E-state index in [1.807, 2.05) is 24.4 Å². The Hall–Kier alpha value is -2.89. The number of nitrogens with zero attached hydrogens (tertiary/aromatic N) is 3. The molecular formula is C21H24N4O2. The van der Waals surface area contributed by atoms with Gasteiger partial charge in [-0.2, -0.15) is 9.78 Å². The summed E-state index contributed by atoms with van der Waals surface area (Å²) < 4.78 is 6.59. The van der Waals surface area contributed by atoms with Gasteiger partial charge in [0.15, 0.2) is 0 Å². The summed E-state index contributed by atoms with van der Waals surface area (Å²) in [7, 11) is 1.62. The molecule has 0 amide bonds. The molecule has 0 radical (unpaired) electrons. The Balaban J connectivity index is 1.74. The Kier molecular flexibility index (Phi) is 4.34.